The van der Waals surface area contributed by atoms with Crippen molar-refractivity contribution in [3.8, 4) is 0 Å². The maximum atomic E-state index is 5.69. The summed E-state index contributed by atoms with van der Waals surface area (Å²) in [6.07, 6.45) is 8.30. The monoisotopic (exact) mass is 240 g/mol. The summed E-state index contributed by atoms with van der Waals surface area (Å²) in [6, 6.07) is 0.424. The first-order chi connectivity index (χ1) is 7.75. The number of nitrogens with one attached hydrogen (secondary N) is 1. The largest absolute Gasteiger partial charge is 0.366 e. The predicted octanol–water partition coefficient (Wildman–Crippen LogP) is 2.91. The van der Waals surface area contributed by atoms with Gasteiger partial charge in [-0.3, -0.25) is 0 Å². The molecule has 0 aliphatic heterocycles. The first kappa shape index (κ1) is 11.6. The molecule has 1 fully saturated rings. The van der Waals surface area contributed by atoms with Crippen LogP contribution >= 0.6 is 11.6 Å². The van der Waals surface area contributed by atoms with Crippen molar-refractivity contribution in [1.29, 1.82) is 0 Å². The second kappa shape index (κ2) is 5.43. The van der Waals surface area contributed by atoms with E-state index in [2.05, 4.69) is 27.4 Å². The Morgan fingerprint density at radius 2 is 2.12 bits per heavy atom. The lowest BCUT2D eigenvalue weighted by Gasteiger charge is -2.28. The third-order valence-corrected chi connectivity index (χ3v) is 3.43. The minimum absolute atomic E-state index is 0.195. The highest BCUT2D eigenvalue weighted by atomic mass is 35.5. The normalized spacial score (nSPS) is 19.4. The molecule has 0 aromatic carbocycles. The molecule has 0 bridgehead atoms. The van der Waals surface area contributed by atoms with Crippen LogP contribution in [0.5, 0.6) is 0 Å². The zero-order chi connectivity index (χ0) is 11.4. The maximum absolute atomic E-state index is 5.69. The molecule has 1 atom stereocenters. The quantitative estimate of drug-likeness (QED) is 0.883. The Kier molecular flexibility index (Phi) is 3.93. The van der Waals surface area contributed by atoms with Crippen molar-refractivity contribution in [3.63, 3.8) is 0 Å². The molecule has 16 heavy (non-hydrogen) atoms. The third-order valence-electron chi connectivity index (χ3n) is 3.27. The average Bonchev–Trinajstić information content (AvgIpc) is 2.30. The van der Waals surface area contributed by atoms with E-state index in [0.717, 1.165) is 11.7 Å². The number of anilines is 1. The number of halogens is 1. The molecule has 1 N–H and O–H groups in total. The van der Waals surface area contributed by atoms with Crippen LogP contribution in [0.4, 0.5) is 5.82 Å². The Hall–Kier alpha value is -0.900. The van der Waals surface area contributed by atoms with Crippen LogP contribution in [0.2, 0.25) is 5.28 Å². The summed E-state index contributed by atoms with van der Waals surface area (Å²) in [5.74, 6) is 1.46. The van der Waals surface area contributed by atoms with Crippen molar-refractivity contribution in [2.45, 2.75) is 45.1 Å². The average molecular weight is 241 g/mol. The molecule has 1 aromatic rings. The topological polar surface area (TPSA) is 50.7 Å². The molecule has 1 aromatic heterocycles. The van der Waals surface area contributed by atoms with Crippen LogP contribution in [-0.4, -0.2) is 21.2 Å². The van der Waals surface area contributed by atoms with Crippen molar-refractivity contribution in [2.24, 2.45) is 5.92 Å². The van der Waals surface area contributed by atoms with Crippen molar-refractivity contribution < 1.29 is 0 Å². The fourth-order valence-electron chi connectivity index (χ4n) is 2.34. The van der Waals surface area contributed by atoms with Crippen LogP contribution in [-0.2, 0) is 0 Å². The number of rotatable bonds is 3. The molecule has 0 saturated heterocycles. The zero-order valence-corrected chi connectivity index (χ0v) is 10.2. The Balaban J connectivity index is 1.93. The standard InChI is InChI=1S/C11H17ClN4/c1-8(9-5-3-2-4-6-9)14-10-7-13-16-11(12)15-10/h7-9H,2-6H2,1H3,(H,14,15,16). The SMILES string of the molecule is CC(Nc1cnnc(Cl)n1)C1CCCCC1. The van der Waals surface area contributed by atoms with E-state index in [1.165, 1.54) is 32.1 Å². The minimum Gasteiger partial charge on any atom is -0.366 e. The Morgan fingerprint density at radius 1 is 1.38 bits per heavy atom. The van der Waals surface area contributed by atoms with Crippen molar-refractivity contribution in [1.82, 2.24) is 15.2 Å². The van der Waals surface area contributed by atoms with Crippen molar-refractivity contribution >= 4 is 17.4 Å². The summed E-state index contributed by atoms with van der Waals surface area (Å²) in [5, 5.41) is 10.9. The lowest BCUT2D eigenvalue weighted by Crippen LogP contribution is -2.28. The van der Waals surface area contributed by atoms with Crippen molar-refractivity contribution in [2.75, 3.05) is 5.32 Å². The Bertz CT molecular complexity index is 339. The molecule has 2 rings (SSSR count). The van der Waals surface area contributed by atoms with Gasteiger partial charge in [-0.05, 0) is 37.3 Å². The highest BCUT2D eigenvalue weighted by molar-refractivity contribution is 6.28. The van der Waals surface area contributed by atoms with Gasteiger partial charge in [-0.2, -0.15) is 10.1 Å². The van der Waals surface area contributed by atoms with E-state index in [-0.39, 0.29) is 5.28 Å². The first-order valence-corrected chi connectivity index (χ1v) is 6.25. The summed E-state index contributed by atoms with van der Waals surface area (Å²) in [5.41, 5.74) is 0. The van der Waals surface area contributed by atoms with Gasteiger partial charge in [0.25, 0.3) is 0 Å². The molecular formula is C11H17ClN4. The van der Waals surface area contributed by atoms with Crippen LogP contribution < -0.4 is 5.32 Å². The molecule has 1 heterocycles. The zero-order valence-electron chi connectivity index (χ0n) is 9.49. The fraction of sp³-hybridized carbons (Fsp3) is 0.727. The molecule has 5 heteroatoms. The van der Waals surface area contributed by atoms with Crippen molar-refractivity contribution in [3.05, 3.63) is 11.5 Å². The molecule has 1 saturated carbocycles. The van der Waals surface area contributed by atoms with Gasteiger partial charge in [-0.15, -0.1) is 5.10 Å². The second-order valence-electron chi connectivity index (χ2n) is 4.44. The van der Waals surface area contributed by atoms with Gasteiger partial charge in [0.1, 0.15) is 5.82 Å². The van der Waals surface area contributed by atoms with Crippen LogP contribution in [0, 0.1) is 5.92 Å². The van der Waals surface area contributed by atoms with Gasteiger partial charge in [-0.25, -0.2) is 0 Å². The summed E-state index contributed by atoms with van der Waals surface area (Å²) in [7, 11) is 0. The molecule has 1 aliphatic rings. The van der Waals surface area contributed by atoms with Crippen LogP contribution in [0.3, 0.4) is 0 Å². The number of nitrogens with zero attached hydrogens (tertiary/aromatic N) is 3. The smallest absolute Gasteiger partial charge is 0.244 e. The fourth-order valence-corrected chi connectivity index (χ4v) is 2.47. The van der Waals surface area contributed by atoms with E-state index in [4.69, 9.17) is 11.6 Å². The Morgan fingerprint density at radius 3 is 2.81 bits per heavy atom. The first-order valence-electron chi connectivity index (χ1n) is 5.87. The van der Waals surface area contributed by atoms with Gasteiger partial charge in [0, 0.05) is 6.04 Å². The van der Waals surface area contributed by atoms with Gasteiger partial charge in [0.05, 0.1) is 6.20 Å². The van der Waals surface area contributed by atoms with E-state index in [0.29, 0.717) is 6.04 Å². The van der Waals surface area contributed by atoms with Crippen LogP contribution in [0.25, 0.3) is 0 Å². The second-order valence-corrected chi connectivity index (χ2v) is 4.78. The van der Waals surface area contributed by atoms with Gasteiger partial charge in [-0.1, -0.05) is 19.3 Å². The molecule has 4 nitrogen and oxygen atoms in total. The lowest BCUT2D eigenvalue weighted by atomic mass is 9.84. The summed E-state index contributed by atoms with van der Waals surface area (Å²) in [4.78, 5) is 4.09. The van der Waals surface area contributed by atoms with Gasteiger partial charge < -0.3 is 5.32 Å². The van der Waals surface area contributed by atoms with E-state index < -0.39 is 0 Å². The summed E-state index contributed by atoms with van der Waals surface area (Å²) < 4.78 is 0. The number of hydrogen-bond donors (Lipinski definition) is 1. The van der Waals surface area contributed by atoms with Crippen LogP contribution in [0.15, 0.2) is 6.20 Å². The minimum atomic E-state index is 0.195. The molecule has 88 valence electrons. The van der Waals surface area contributed by atoms with Gasteiger partial charge in [0.2, 0.25) is 5.28 Å². The molecular weight excluding hydrogens is 224 g/mol. The molecule has 1 unspecified atom stereocenters. The van der Waals surface area contributed by atoms with Gasteiger partial charge >= 0.3 is 0 Å². The third kappa shape index (κ3) is 3.04. The Labute approximate surface area is 101 Å². The molecule has 0 spiro atoms. The maximum Gasteiger partial charge on any atom is 0.244 e. The number of aromatic nitrogens is 3. The molecule has 1 aliphatic carbocycles. The van der Waals surface area contributed by atoms with E-state index in [9.17, 15) is 0 Å². The molecule has 0 amide bonds. The van der Waals surface area contributed by atoms with E-state index >= 15 is 0 Å². The van der Waals surface area contributed by atoms with E-state index in [1.807, 2.05) is 0 Å². The summed E-state index contributed by atoms with van der Waals surface area (Å²) >= 11 is 5.69. The highest BCUT2D eigenvalue weighted by Gasteiger charge is 2.20. The van der Waals surface area contributed by atoms with E-state index in [1.54, 1.807) is 6.20 Å². The number of hydrogen-bond acceptors (Lipinski definition) is 4. The molecule has 0 radical (unpaired) electrons. The van der Waals surface area contributed by atoms with Crippen LogP contribution in [0.1, 0.15) is 39.0 Å². The summed E-state index contributed by atoms with van der Waals surface area (Å²) in [6.45, 7) is 2.20. The predicted molar refractivity (Wildman–Crippen MR) is 64.5 cm³/mol. The highest BCUT2D eigenvalue weighted by Crippen LogP contribution is 2.27. The lowest BCUT2D eigenvalue weighted by molar-refractivity contribution is 0.328. The van der Waals surface area contributed by atoms with Gasteiger partial charge in [0.15, 0.2) is 0 Å².